The summed E-state index contributed by atoms with van der Waals surface area (Å²) in [6, 6.07) is 4.98. The fourth-order valence-electron chi connectivity index (χ4n) is 2.70. The van der Waals surface area contributed by atoms with Crippen molar-refractivity contribution in [2.24, 2.45) is 0 Å². The van der Waals surface area contributed by atoms with Gasteiger partial charge in [0.05, 0.1) is 17.7 Å². The number of carbonyl (C=O) groups is 1. The van der Waals surface area contributed by atoms with Gasteiger partial charge in [-0.2, -0.15) is 0 Å². The molecule has 5 heteroatoms. The molecule has 4 N–H and O–H groups in total. The molecule has 0 aliphatic heterocycles. The Bertz CT molecular complexity index is 476. The highest BCUT2D eigenvalue weighted by Crippen LogP contribution is 2.28. The molecule has 0 bridgehead atoms. The number of hydrogen-bond acceptors (Lipinski definition) is 4. The van der Waals surface area contributed by atoms with Gasteiger partial charge in [-0.1, -0.05) is 12.8 Å². The van der Waals surface area contributed by atoms with Crippen LogP contribution in [-0.2, 0) is 0 Å². The van der Waals surface area contributed by atoms with Crippen molar-refractivity contribution < 1.29 is 15.0 Å². The fraction of sp³-hybridized carbons (Fsp3) is 0.500. The second kappa shape index (κ2) is 5.48. The van der Waals surface area contributed by atoms with E-state index in [2.05, 4.69) is 0 Å². The number of anilines is 2. The third-order valence-corrected chi connectivity index (χ3v) is 3.86. The van der Waals surface area contributed by atoms with Gasteiger partial charge in [-0.15, -0.1) is 0 Å². The van der Waals surface area contributed by atoms with Gasteiger partial charge in [0.1, 0.15) is 0 Å². The zero-order valence-corrected chi connectivity index (χ0v) is 11.0. The third-order valence-electron chi connectivity index (χ3n) is 3.86. The van der Waals surface area contributed by atoms with E-state index in [1.807, 2.05) is 11.9 Å². The predicted octanol–water partition coefficient (Wildman–Crippen LogP) is 1.71. The number of aliphatic hydroxyl groups excluding tert-OH is 1. The highest BCUT2D eigenvalue weighted by atomic mass is 16.4. The van der Waals surface area contributed by atoms with E-state index < -0.39 is 5.97 Å². The Kier molecular flexibility index (Phi) is 3.95. The van der Waals surface area contributed by atoms with Gasteiger partial charge in [0.15, 0.2) is 0 Å². The molecule has 0 amide bonds. The number of aromatic carboxylic acids is 1. The van der Waals surface area contributed by atoms with E-state index in [0.717, 1.165) is 31.4 Å². The van der Waals surface area contributed by atoms with Gasteiger partial charge in [-0.3, -0.25) is 0 Å². The van der Waals surface area contributed by atoms with Crippen LogP contribution in [0.4, 0.5) is 11.4 Å². The molecule has 2 unspecified atom stereocenters. The van der Waals surface area contributed by atoms with Crippen LogP contribution in [-0.4, -0.2) is 35.4 Å². The second-order valence-corrected chi connectivity index (χ2v) is 5.11. The molecule has 1 aliphatic carbocycles. The summed E-state index contributed by atoms with van der Waals surface area (Å²) in [5, 5.41) is 19.0. The number of carboxylic acids is 1. The van der Waals surface area contributed by atoms with Crippen LogP contribution in [0.2, 0.25) is 0 Å². The van der Waals surface area contributed by atoms with Gasteiger partial charge < -0.3 is 20.8 Å². The monoisotopic (exact) mass is 264 g/mol. The summed E-state index contributed by atoms with van der Waals surface area (Å²) < 4.78 is 0. The first-order valence-corrected chi connectivity index (χ1v) is 6.54. The molecule has 0 spiro atoms. The van der Waals surface area contributed by atoms with Crippen molar-refractivity contribution in [2.75, 3.05) is 17.7 Å². The molecule has 2 rings (SSSR count). The maximum Gasteiger partial charge on any atom is 0.337 e. The largest absolute Gasteiger partial charge is 0.478 e. The number of rotatable bonds is 3. The maximum absolute atomic E-state index is 10.9. The van der Waals surface area contributed by atoms with Gasteiger partial charge in [-0.05, 0) is 31.0 Å². The first-order valence-electron chi connectivity index (χ1n) is 6.54. The number of likely N-dealkylation sites (N-methyl/N-ethyl adjacent to an activating group) is 1. The van der Waals surface area contributed by atoms with Gasteiger partial charge >= 0.3 is 5.97 Å². The van der Waals surface area contributed by atoms with Crippen LogP contribution in [0, 0.1) is 0 Å². The molecule has 1 aliphatic rings. The second-order valence-electron chi connectivity index (χ2n) is 5.11. The zero-order valence-electron chi connectivity index (χ0n) is 11.0. The van der Waals surface area contributed by atoms with Crippen LogP contribution >= 0.6 is 0 Å². The molecule has 0 radical (unpaired) electrons. The Balaban J connectivity index is 2.21. The third kappa shape index (κ3) is 2.81. The highest BCUT2D eigenvalue weighted by Gasteiger charge is 2.27. The Morgan fingerprint density at radius 2 is 2.05 bits per heavy atom. The molecule has 1 aromatic rings. The number of nitrogens with zero attached hydrogens (tertiary/aromatic N) is 1. The molecular weight excluding hydrogens is 244 g/mol. The van der Waals surface area contributed by atoms with E-state index in [1.165, 1.54) is 6.07 Å². The summed E-state index contributed by atoms with van der Waals surface area (Å²) in [5.41, 5.74) is 6.96. The van der Waals surface area contributed by atoms with Crippen LogP contribution in [0.5, 0.6) is 0 Å². The van der Waals surface area contributed by atoms with Crippen LogP contribution in [0.1, 0.15) is 36.0 Å². The van der Waals surface area contributed by atoms with Crippen molar-refractivity contribution in [3.8, 4) is 0 Å². The molecular formula is C14H20N2O3. The number of benzene rings is 1. The standard InChI is InChI=1S/C14H20N2O3/c1-16(12-4-2-3-5-13(12)17)9-6-7-10(14(18)19)11(15)8-9/h6-8,12-13,17H,2-5,15H2,1H3,(H,18,19). The first-order chi connectivity index (χ1) is 9.00. The molecule has 19 heavy (non-hydrogen) atoms. The molecule has 1 fully saturated rings. The van der Waals surface area contributed by atoms with Gasteiger partial charge in [0, 0.05) is 18.4 Å². The lowest BCUT2D eigenvalue weighted by molar-refractivity contribution is 0.0698. The predicted molar refractivity (Wildman–Crippen MR) is 74.5 cm³/mol. The maximum atomic E-state index is 10.9. The molecule has 0 heterocycles. The van der Waals surface area contributed by atoms with E-state index in [0.29, 0.717) is 0 Å². The molecule has 1 aromatic carbocycles. The van der Waals surface area contributed by atoms with Crippen LogP contribution in [0.15, 0.2) is 18.2 Å². The average molecular weight is 264 g/mol. The molecule has 104 valence electrons. The Morgan fingerprint density at radius 3 is 2.63 bits per heavy atom. The number of hydrogen-bond donors (Lipinski definition) is 3. The summed E-state index contributed by atoms with van der Waals surface area (Å²) in [6.45, 7) is 0. The van der Waals surface area contributed by atoms with Crippen LogP contribution in [0.25, 0.3) is 0 Å². The summed E-state index contributed by atoms with van der Waals surface area (Å²) >= 11 is 0. The minimum absolute atomic E-state index is 0.0730. The van der Waals surface area contributed by atoms with E-state index >= 15 is 0 Å². The van der Waals surface area contributed by atoms with Crippen molar-refractivity contribution in [3.63, 3.8) is 0 Å². The van der Waals surface area contributed by atoms with Gasteiger partial charge in [0.2, 0.25) is 0 Å². The number of nitrogen functional groups attached to an aromatic ring is 1. The quantitative estimate of drug-likeness (QED) is 0.723. The minimum Gasteiger partial charge on any atom is -0.478 e. The number of carboxylic acid groups (broad SMARTS) is 1. The van der Waals surface area contributed by atoms with E-state index in [9.17, 15) is 9.90 Å². The van der Waals surface area contributed by atoms with E-state index in [-0.39, 0.29) is 23.4 Å². The first kappa shape index (κ1) is 13.7. The normalized spacial score (nSPS) is 23.1. The average Bonchev–Trinajstić information content (AvgIpc) is 2.38. The van der Waals surface area contributed by atoms with E-state index in [1.54, 1.807) is 12.1 Å². The molecule has 0 saturated heterocycles. The number of aliphatic hydroxyl groups is 1. The lowest BCUT2D eigenvalue weighted by atomic mass is 9.91. The van der Waals surface area contributed by atoms with Gasteiger partial charge in [-0.25, -0.2) is 4.79 Å². The summed E-state index contributed by atoms with van der Waals surface area (Å²) in [4.78, 5) is 12.9. The molecule has 1 saturated carbocycles. The van der Waals surface area contributed by atoms with Crippen molar-refractivity contribution in [2.45, 2.75) is 37.8 Å². The SMILES string of the molecule is CN(c1ccc(C(=O)O)c(N)c1)C1CCCCC1O. The smallest absolute Gasteiger partial charge is 0.337 e. The summed E-state index contributed by atoms with van der Waals surface area (Å²) in [6.07, 6.45) is 3.59. The van der Waals surface area contributed by atoms with Gasteiger partial charge in [0.25, 0.3) is 0 Å². The Labute approximate surface area is 112 Å². The fourth-order valence-corrected chi connectivity index (χ4v) is 2.70. The van der Waals surface area contributed by atoms with E-state index in [4.69, 9.17) is 10.8 Å². The zero-order chi connectivity index (χ0) is 14.0. The van der Waals surface area contributed by atoms with Crippen LogP contribution in [0.3, 0.4) is 0 Å². The van der Waals surface area contributed by atoms with Crippen molar-refractivity contribution in [3.05, 3.63) is 23.8 Å². The molecule has 2 atom stereocenters. The lowest BCUT2D eigenvalue weighted by Crippen LogP contribution is -2.43. The molecule has 5 nitrogen and oxygen atoms in total. The summed E-state index contributed by atoms with van der Waals surface area (Å²) in [5.74, 6) is -1.02. The van der Waals surface area contributed by atoms with Crippen molar-refractivity contribution in [1.82, 2.24) is 0 Å². The highest BCUT2D eigenvalue weighted by molar-refractivity contribution is 5.94. The van der Waals surface area contributed by atoms with Crippen molar-refractivity contribution in [1.29, 1.82) is 0 Å². The lowest BCUT2D eigenvalue weighted by Gasteiger charge is -2.36. The van der Waals surface area contributed by atoms with Crippen LogP contribution < -0.4 is 10.6 Å². The Hall–Kier alpha value is -1.75. The molecule has 0 aromatic heterocycles. The minimum atomic E-state index is -1.02. The van der Waals surface area contributed by atoms with Crippen molar-refractivity contribution >= 4 is 17.3 Å². The Morgan fingerprint density at radius 1 is 1.37 bits per heavy atom. The summed E-state index contributed by atoms with van der Waals surface area (Å²) in [7, 11) is 1.91. The topological polar surface area (TPSA) is 86.8 Å². The number of nitrogens with two attached hydrogens (primary N) is 1.